The first-order valence-corrected chi connectivity index (χ1v) is 12.5. The topological polar surface area (TPSA) is 122 Å². The summed E-state index contributed by atoms with van der Waals surface area (Å²) in [6.07, 6.45) is 1.06. The minimum Gasteiger partial charge on any atom is -0.493 e. The summed E-state index contributed by atoms with van der Waals surface area (Å²) >= 11 is 0. The van der Waals surface area contributed by atoms with Gasteiger partial charge in [0, 0.05) is 19.2 Å². The Labute approximate surface area is 220 Å². The molecule has 4 rings (SSSR count). The fourth-order valence-electron chi connectivity index (χ4n) is 4.38. The Morgan fingerprint density at radius 3 is 2.42 bits per heavy atom. The van der Waals surface area contributed by atoms with Crippen LogP contribution in [0.15, 0.2) is 42.5 Å². The van der Waals surface area contributed by atoms with Crippen LogP contribution in [0.5, 0.6) is 5.75 Å². The Balaban J connectivity index is 1.34. The number of piperidine rings is 1. The number of aryl methyl sites for hydroxylation is 1. The highest BCUT2D eigenvalue weighted by molar-refractivity contribution is 6.24. The van der Waals surface area contributed by atoms with Crippen LogP contribution < -0.4 is 15.0 Å². The summed E-state index contributed by atoms with van der Waals surface area (Å²) in [6.45, 7) is 5.75. The number of amides is 5. The Kier molecular flexibility index (Phi) is 7.52. The van der Waals surface area contributed by atoms with Gasteiger partial charge < -0.3 is 9.47 Å². The quantitative estimate of drug-likeness (QED) is 0.437. The summed E-state index contributed by atoms with van der Waals surface area (Å²) in [5.74, 6) is -1.95. The van der Waals surface area contributed by atoms with E-state index in [0.717, 1.165) is 10.5 Å². The van der Waals surface area contributed by atoms with E-state index >= 15 is 0 Å². The van der Waals surface area contributed by atoms with Gasteiger partial charge in [-0.25, -0.2) is 4.79 Å². The lowest BCUT2D eigenvalue weighted by molar-refractivity contribution is -0.136. The fourth-order valence-corrected chi connectivity index (χ4v) is 4.38. The number of benzene rings is 2. The van der Waals surface area contributed by atoms with E-state index in [0.29, 0.717) is 25.1 Å². The largest absolute Gasteiger partial charge is 0.493 e. The Morgan fingerprint density at radius 2 is 1.76 bits per heavy atom. The molecule has 2 aromatic rings. The van der Waals surface area contributed by atoms with E-state index in [1.807, 2.05) is 45.0 Å². The van der Waals surface area contributed by atoms with Crippen molar-refractivity contribution in [3.63, 3.8) is 0 Å². The zero-order chi connectivity index (χ0) is 27.6. The van der Waals surface area contributed by atoms with Crippen LogP contribution >= 0.6 is 0 Å². The van der Waals surface area contributed by atoms with E-state index in [4.69, 9.17) is 9.47 Å². The summed E-state index contributed by atoms with van der Waals surface area (Å²) < 4.78 is 11.3. The standard InChI is InChI=1S/C28H31N3O7/c1-28(2,3)38-27(36)30(4)18-12-10-17(11-13-18)7-6-16-37-21-9-5-8-19-23(21)26(35)31(25(19)34)20-14-15-22(32)29-24(20)33/h5,8-13,20H,6-7,14-16H2,1-4H3,(H,29,32,33). The predicted octanol–water partition coefficient (Wildman–Crippen LogP) is 3.47. The molecular formula is C28H31N3O7. The molecule has 2 heterocycles. The van der Waals surface area contributed by atoms with Gasteiger partial charge in [-0.3, -0.25) is 34.3 Å². The van der Waals surface area contributed by atoms with Crippen molar-refractivity contribution in [3.05, 3.63) is 59.2 Å². The number of rotatable bonds is 7. The van der Waals surface area contributed by atoms with Crippen molar-refractivity contribution >= 4 is 35.4 Å². The SMILES string of the molecule is CN(C(=O)OC(C)(C)C)c1ccc(CCCOc2cccc3c2C(=O)N(C2CCC(=O)NC2=O)C3=O)cc1. The number of nitrogens with zero attached hydrogens (tertiary/aromatic N) is 2. The number of hydrogen-bond acceptors (Lipinski definition) is 7. The van der Waals surface area contributed by atoms with E-state index in [1.165, 1.54) is 11.0 Å². The highest BCUT2D eigenvalue weighted by Crippen LogP contribution is 2.33. The van der Waals surface area contributed by atoms with Crippen LogP contribution in [0.4, 0.5) is 10.5 Å². The summed E-state index contributed by atoms with van der Waals surface area (Å²) in [5, 5.41) is 2.19. The molecule has 10 heteroatoms. The third-order valence-corrected chi connectivity index (χ3v) is 6.29. The first kappa shape index (κ1) is 26.8. The molecule has 1 unspecified atom stereocenters. The van der Waals surface area contributed by atoms with Crippen LogP contribution in [0, 0.1) is 0 Å². The molecule has 1 fully saturated rings. The van der Waals surface area contributed by atoms with E-state index in [2.05, 4.69) is 5.32 Å². The number of imide groups is 2. The molecule has 0 aromatic heterocycles. The highest BCUT2D eigenvalue weighted by Gasteiger charge is 2.46. The molecular weight excluding hydrogens is 490 g/mol. The second kappa shape index (κ2) is 10.6. The molecule has 10 nitrogen and oxygen atoms in total. The van der Waals surface area contributed by atoms with Crippen LogP contribution in [-0.2, 0) is 20.7 Å². The van der Waals surface area contributed by atoms with Crippen molar-refractivity contribution in [3.8, 4) is 5.75 Å². The van der Waals surface area contributed by atoms with E-state index in [1.54, 1.807) is 19.2 Å². The lowest BCUT2D eigenvalue weighted by atomic mass is 10.0. The van der Waals surface area contributed by atoms with Crippen molar-refractivity contribution in [1.29, 1.82) is 0 Å². The average Bonchev–Trinajstić information content (AvgIpc) is 3.11. The van der Waals surface area contributed by atoms with E-state index in [9.17, 15) is 24.0 Å². The third kappa shape index (κ3) is 5.69. The lowest BCUT2D eigenvalue weighted by Crippen LogP contribution is -2.54. The Morgan fingerprint density at radius 1 is 1.05 bits per heavy atom. The summed E-state index contributed by atoms with van der Waals surface area (Å²) in [5.41, 5.74) is 1.50. The molecule has 1 N–H and O–H groups in total. The van der Waals surface area contributed by atoms with Crippen LogP contribution in [-0.4, -0.2) is 59.9 Å². The molecule has 0 aliphatic carbocycles. The van der Waals surface area contributed by atoms with Gasteiger partial charge in [-0.05, 0) is 69.9 Å². The molecule has 0 radical (unpaired) electrons. The zero-order valence-corrected chi connectivity index (χ0v) is 21.9. The van der Waals surface area contributed by atoms with Gasteiger partial charge >= 0.3 is 6.09 Å². The smallest absolute Gasteiger partial charge is 0.414 e. The van der Waals surface area contributed by atoms with Gasteiger partial charge in [-0.2, -0.15) is 0 Å². The minimum atomic E-state index is -1.02. The van der Waals surface area contributed by atoms with Crippen molar-refractivity contribution < 1.29 is 33.4 Å². The molecule has 0 bridgehead atoms. The van der Waals surface area contributed by atoms with Crippen LogP contribution in [0.1, 0.15) is 66.3 Å². The number of carbonyl (C=O) groups is 5. The number of anilines is 1. The summed E-state index contributed by atoms with van der Waals surface area (Å²) in [6, 6.07) is 11.3. The monoisotopic (exact) mass is 521 g/mol. The molecule has 2 aromatic carbocycles. The first-order valence-electron chi connectivity index (χ1n) is 12.5. The number of carbonyl (C=O) groups excluding carboxylic acids is 5. The minimum absolute atomic E-state index is 0.0610. The second-order valence-corrected chi connectivity index (χ2v) is 10.3. The maximum Gasteiger partial charge on any atom is 0.414 e. The van der Waals surface area contributed by atoms with Crippen LogP contribution in [0.3, 0.4) is 0 Å². The molecule has 2 aliphatic rings. The van der Waals surface area contributed by atoms with Crippen molar-refractivity contribution in [2.45, 2.75) is 58.1 Å². The summed E-state index contributed by atoms with van der Waals surface area (Å²) in [4.78, 5) is 64.5. The highest BCUT2D eigenvalue weighted by atomic mass is 16.6. The molecule has 200 valence electrons. The molecule has 1 atom stereocenters. The first-order chi connectivity index (χ1) is 18.0. The summed E-state index contributed by atoms with van der Waals surface area (Å²) in [7, 11) is 1.66. The van der Waals surface area contributed by atoms with Gasteiger partial charge in [0.1, 0.15) is 17.4 Å². The van der Waals surface area contributed by atoms with Crippen molar-refractivity contribution in [2.24, 2.45) is 0 Å². The molecule has 0 spiro atoms. The van der Waals surface area contributed by atoms with Crippen molar-refractivity contribution in [1.82, 2.24) is 10.2 Å². The van der Waals surface area contributed by atoms with Gasteiger partial charge in [-0.15, -0.1) is 0 Å². The maximum atomic E-state index is 13.1. The number of hydrogen-bond donors (Lipinski definition) is 1. The zero-order valence-electron chi connectivity index (χ0n) is 21.9. The molecule has 1 saturated heterocycles. The van der Waals surface area contributed by atoms with Gasteiger partial charge in [0.25, 0.3) is 11.8 Å². The molecule has 5 amide bonds. The molecule has 2 aliphatic heterocycles. The second-order valence-electron chi connectivity index (χ2n) is 10.3. The average molecular weight is 522 g/mol. The molecule has 38 heavy (non-hydrogen) atoms. The van der Waals surface area contributed by atoms with Crippen LogP contribution in [0.25, 0.3) is 0 Å². The Bertz CT molecular complexity index is 1280. The van der Waals surface area contributed by atoms with E-state index in [-0.39, 0.29) is 29.7 Å². The van der Waals surface area contributed by atoms with Crippen molar-refractivity contribution in [2.75, 3.05) is 18.6 Å². The third-order valence-electron chi connectivity index (χ3n) is 6.29. The van der Waals surface area contributed by atoms with Gasteiger partial charge in [0.15, 0.2) is 0 Å². The normalized spacial score (nSPS) is 17.3. The van der Waals surface area contributed by atoms with Crippen LogP contribution in [0.2, 0.25) is 0 Å². The fraction of sp³-hybridized carbons (Fsp3) is 0.393. The predicted molar refractivity (Wildman–Crippen MR) is 138 cm³/mol. The number of ether oxygens (including phenoxy) is 2. The van der Waals surface area contributed by atoms with Gasteiger partial charge in [0.2, 0.25) is 11.8 Å². The van der Waals surface area contributed by atoms with Gasteiger partial charge in [0.05, 0.1) is 17.7 Å². The maximum absolute atomic E-state index is 13.1. The number of fused-ring (bicyclic) bond motifs is 1. The lowest BCUT2D eigenvalue weighted by Gasteiger charge is -2.27. The van der Waals surface area contributed by atoms with Gasteiger partial charge in [-0.1, -0.05) is 18.2 Å². The number of nitrogens with one attached hydrogen (secondary N) is 1. The molecule has 0 saturated carbocycles. The Hall–Kier alpha value is -4.21. The van der Waals surface area contributed by atoms with E-state index < -0.39 is 41.4 Å².